The van der Waals surface area contributed by atoms with E-state index < -0.39 is 10.0 Å². The first kappa shape index (κ1) is 15.5. The van der Waals surface area contributed by atoms with Crippen LogP contribution in [0.1, 0.15) is 10.4 Å². The van der Waals surface area contributed by atoms with Gasteiger partial charge in [-0.3, -0.25) is 0 Å². The Bertz CT molecular complexity index is 680. The van der Waals surface area contributed by atoms with Crippen LogP contribution in [0.3, 0.4) is 0 Å². The average Bonchev–Trinajstić information content (AvgIpc) is 2.90. The number of sulfonamides is 1. The second kappa shape index (κ2) is 6.24. The lowest BCUT2D eigenvalue weighted by Gasteiger charge is -2.17. The molecule has 20 heavy (non-hydrogen) atoms. The van der Waals surface area contributed by atoms with Crippen molar-refractivity contribution in [3.8, 4) is 0 Å². The smallest absolute Gasteiger partial charge is 0.244 e. The van der Waals surface area contributed by atoms with E-state index in [1.54, 1.807) is 29.6 Å². The SMILES string of the molecule is CN(Cc1ccc(Cl)cc1)S(=O)(=O)c1ccsc1CO. The zero-order valence-electron chi connectivity index (χ0n) is 10.8. The molecular weight excluding hydrogens is 318 g/mol. The molecule has 0 unspecified atom stereocenters. The lowest BCUT2D eigenvalue weighted by molar-refractivity contribution is 0.282. The van der Waals surface area contributed by atoms with Crippen LogP contribution in [-0.2, 0) is 23.2 Å². The van der Waals surface area contributed by atoms with Crippen molar-refractivity contribution >= 4 is 33.0 Å². The molecule has 2 rings (SSSR count). The number of aliphatic hydroxyl groups excluding tert-OH is 1. The Morgan fingerprint density at radius 1 is 1.25 bits per heavy atom. The Labute approximate surface area is 127 Å². The van der Waals surface area contributed by atoms with Crippen LogP contribution in [0.5, 0.6) is 0 Å². The number of benzene rings is 1. The van der Waals surface area contributed by atoms with Crippen LogP contribution < -0.4 is 0 Å². The summed E-state index contributed by atoms with van der Waals surface area (Å²) in [5.74, 6) is 0. The first-order valence-electron chi connectivity index (χ1n) is 5.83. The summed E-state index contributed by atoms with van der Waals surface area (Å²) in [6.07, 6.45) is 0. The van der Waals surface area contributed by atoms with Crippen molar-refractivity contribution in [2.75, 3.05) is 7.05 Å². The van der Waals surface area contributed by atoms with Gasteiger partial charge < -0.3 is 5.11 Å². The molecular formula is C13H14ClNO3S2. The fraction of sp³-hybridized carbons (Fsp3) is 0.231. The number of aliphatic hydroxyl groups is 1. The monoisotopic (exact) mass is 331 g/mol. The zero-order valence-corrected chi connectivity index (χ0v) is 13.2. The highest BCUT2D eigenvalue weighted by Crippen LogP contribution is 2.25. The molecule has 0 fully saturated rings. The second-order valence-electron chi connectivity index (χ2n) is 4.25. The van der Waals surface area contributed by atoms with Gasteiger partial charge in [0.2, 0.25) is 10.0 Å². The van der Waals surface area contributed by atoms with Crippen molar-refractivity contribution < 1.29 is 13.5 Å². The summed E-state index contributed by atoms with van der Waals surface area (Å²) in [6.45, 7) is -0.0266. The van der Waals surface area contributed by atoms with E-state index in [2.05, 4.69) is 0 Å². The minimum Gasteiger partial charge on any atom is -0.391 e. The zero-order chi connectivity index (χ0) is 14.8. The highest BCUT2D eigenvalue weighted by molar-refractivity contribution is 7.89. The van der Waals surface area contributed by atoms with Crippen molar-refractivity contribution in [1.29, 1.82) is 0 Å². The molecule has 2 aromatic rings. The third-order valence-electron chi connectivity index (χ3n) is 2.85. The van der Waals surface area contributed by atoms with Gasteiger partial charge in [-0.1, -0.05) is 23.7 Å². The second-order valence-corrected chi connectivity index (χ2v) is 7.70. The molecule has 0 atom stereocenters. The topological polar surface area (TPSA) is 57.6 Å². The third kappa shape index (κ3) is 3.21. The lowest BCUT2D eigenvalue weighted by Crippen LogP contribution is -2.26. The van der Waals surface area contributed by atoms with E-state index in [4.69, 9.17) is 11.6 Å². The molecule has 1 N–H and O–H groups in total. The maximum Gasteiger partial charge on any atom is 0.244 e. The summed E-state index contributed by atoms with van der Waals surface area (Å²) in [5.41, 5.74) is 0.848. The van der Waals surface area contributed by atoms with Crippen LogP contribution in [0.2, 0.25) is 5.02 Å². The Balaban J connectivity index is 2.23. The summed E-state index contributed by atoms with van der Waals surface area (Å²) >= 11 is 7.03. The first-order valence-corrected chi connectivity index (χ1v) is 8.53. The molecule has 108 valence electrons. The van der Waals surface area contributed by atoms with E-state index in [0.29, 0.717) is 9.90 Å². The average molecular weight is 332 g/mol. The molecule has 0 spiro atoms. The number of halogens is 1. The van der Waals surface area contributed by atoms with E-state index >= 15 is 0 Å². The molecule has 1 aromatic heterocycles. The van der Waals surface area contributed by atoms with Gasteiger partial charge >= 0.3 is 0 Å². The van der Waals surface area contributed by atoms with Crippen LogP contribution in [0.4, 0.5) is 0 Å². The van der Waals surface area contributed by atoms with Crippen LogP contribution in [0.25, 0.3) is 0 Å². The summed E-state index contributed by atoms with van der Waals surface area (Å²) in [4.78, 5) is 0.620. The normalized spacial score (nSPS) is 12.0. The van der Waals surface area contributed by atoms with Gasteiger partial charge in [0.1, 0.15) is 0 Å². The van der Waals surface area contributed by atoms with Gasteiger partial charge in [-0.25, -0.2) is 8.42 Å². The molecule has 1 heterocycles. The van der Waals surface area contributed by atoms with Gasteiger partial charge in [-0.05, 0) is 29.1 Å². The fourth-order valence-electron chi connectivity index (χ4n) is 1.77. The van der Waals surface area contributed by atoms with Gasteiger partial charge in [0.25, 0.3) is 0 Å². The molecule has 1 aromatic carbocycles. The quantitative estimate of drug-likeness (QED) is 0.916. The predicted molar refractivity (Wildman–Crippen MR) is 80.3 cm³/mol. The number of nitrogens with zero attached hydrogens (tertiary/aromatic N) is 1. The number of thiophene rings is 1. The molecule has 0 amide bonds. The van der Waals surface area contributed by atoms with E-state index in [-0.39, 0.29) is 18.0 Å². The van der Waals surface area contributed by atoms with Crippen LogP contribution in [0.15, 0.2) is 40.6 Å². The minimum atomic E-state index is -3.60. The van der Waals surface area contributed by atoms with Crippen LogP contribution in [-0.4, -0.2) is 24.9 Å². The molecule has 4 nitrogen and oxygen atoms in total. The van der Waals surface area contributed by atoms with E-state index in [1.807, 2.05) is 0 Å². The van der Waals surface area contributed by atoms with Crippen molar-refractivity contribution in [3.63, 3.8) is 0 Å². The maximum atomic E-state index is 12.4. The van der Waals surface area contributed by atoms with E-state index in [0.717, 1.165) is 5.56 Å². The minimum absolute atomic E-state index is 0.168. The number of hydrogen-bond donors (Lipinski definition) is 1. The van der Waals surface area contributed by atoms with Gasteiger partial charge in [0.05, 0.1) is 11.5 Å². The number of hydrogen-bond acceptors (Lipinski definition) is 4. The lowest BCUT2D eigenvalue weighted by atomic mass is 10.2. The largest absolute Gasteiger partial charge is 0.391 e. The third-order valence-corrected chi connectivity index (χ3v) is 6.03. The van der Waals surface area contributed by atoms with E-state index in [9.17, 15) is 13.5 Å². The van der Waals surface area contributed by atoms with Crippen molar-refractivity contribution in [1.82, 2.24) is 4.31 Å². The van der Waals surface area contributed by atoms with Gasteiger partial charge in [-0.15, -0.1) is 11.3 Å². The number of rotatable bonds is 5. The first-order chi connectivity index (χ1) is 9.45. The summed E-state index contributed by atoms with van der Waals surface area (Å²) in [5, 5.41) is 11.5. The molecule has 7 heteroatoms. The summed E-state index contributed by atoms with van der Waals surface area (Å²) in [6, 6.07) is 8.54. The van der Waals surface area contributed by atoms with Gasteiger partial charge in [0.15, 0.2) is 0 Å². The highest BCUT2D eigenvalue weighted by atomic mass is 35.5. The molecule has 0 aliphatic rings. The van der Waals surface area contributed by atoms with Crippen molar-refractivity contribution in [3.05, 3.63) is 51.2 Å². The molecule has 0 saturated heterocycles. The highest BCUT2D eigenvalue weighted by Gasteiger charge is 2.24. The molecule has 0 aliphatic heterocycles. The summed E-state index contributed by atoms with van der Waals surface area (Å²) < 4.78 is 26.1. The Morgan fingerprint density at radius 3 is 2.50 bits per heavy atom. The molecule has 0 radical (unpaired) electrons. The Kier molecular flexibility index (Phi) is 4.82. The Morgan fingerprint density at radius 2 is 1.90 bits per heavy atom. The van der Waals surface area contributed by atoms with Crippen molar-refractivity contribution in [2.24, 2.45) is 0 Å². The van der Waals surface area contributed by atoms with Gasteiger partial charge in [0, 0.05) is 23.5 Å². The van der Waals surface area contributed by atoms with Crippen LogP contribution >= 0.6 is 22.9 Å². The van der Waals surface area contributed by atoms with E-state index in [1.165, 1.54) is 28.8 Å². The summed E-state index contributed by atoms with van der Waals surface area (Å²) in [7, 11) is -2.08. The van der Waals surface area contributed by atoms with Crippen LogP contribution in [0, 0.1) is 0 Å². The van der Waals surface area contributed by atoms with Gasteiger partial charge in [-0.2, -0.15) is 4.31 Å². The Hall–Kier alpha value is -0.920. The molecule has 0 aliphatic carbocycles. The fourth-order valence-corrected chi connectivity index (χ4v) is 4.32. The molecule has 0 bridgehead atoms. The maximum absolute atomic E-state index is 12.4. The van der Waals surface area contributed by atoms with Crippen molar-refractivity contribution in [2.45, 2.75) is 18.0 Å². The standard InChI is InChI=1S/C13H14ClNO3S2/c1-15(8-10-2-4-11(14)5-3-10)20(17,18)13-6-7-19-12(13)9-16/h2-7,16H,8-9H2,1H3. The molecule has 0 saturated carbocycles. The predicted octanol–water partition coefficient (Wildman–Crippen LogP) is 2.71.